The first-order valence-corrected chi connectivity index (χ1v) is 5.10. The Morgan fingerprint density at radius 1 is 1.50 bits per heavy atom. The summed E-state index contributed by atoms with van der Waals surface area (Å²) in [6.45, 7) is 6.79. The van der Waals surface area contributed by atoms with Crippen LogP contribution in [-0.2, 0) is 4.74 Å². The van der Waals surface area contributed by atoms with Crippen molar-refractivity contribution in [2.24, 2.45) is 11.3 Å². The maximum absolute atomic E-state index is 5.53. The third-order valence-electron chi connectivity index (χ3n) is 3.55. The lowest BCUT2D eigenvalue weighted by Gasteiger charge is -2.35. The topological polar surface area (TPSA) is 21.3 Å². The zero-order valence-corrected chi connectivity index (χ0v) is 7.94. The Balaban J connectivity index is 1.96. The molecule has 2 unspecified atom stereocenters. The molecule has 2 rings (SSSR count). The zero-order valence-electron chi connectivity index (χ0n) is 7.94. The minimum Gasteiger partial charge on any atom is -0.381 e. The summed E-state index contributed by atoms with van der Waals surface area (Å²) in [6, 6.07) is 0. The number of ether oxygens (including phenoxy) is 1. The van der Waals surface area contributed by atoms with Crippen LogP contribution in [0.15, 0.2) is 0 Å². The van der Waals surface area contributed by atoms with Gasteiger partial charge in [-0.2, -0.15) is 0 Å². The van der Waals surface area contributed by atoms with Crippen molar-refractivity contribution in [3.05, 3.63) is 0 Å². The van der Waals surface area contributed by atoms with E-state index in [4.69, 9.17) is 4.74 Å². The smallest absolute Gasteiger partial charge is 0.0499 e. The Bertz CT molecular complexity index is 146. The number of rotatable bonds is 1. The molecule has 2 aliphatic rings. The van der Waals surface area contributed by atoms with Crippen LogP contribution >= 0.6 is 0 Å². The highest BCUT2D eigenvalue weighted by Gasteiger charge is 2.37. The van der Waals surface area contributed by atoms with Gasteiger partial charge in [-0.3, -0.25) is 0 Å². The van der Waals surface area contributed by atoms with E-state index >= 15 is 0 Å². The first kappa shape index (κ1) is 8.52. The lowest BCUT2D eigenvalue weighted by molar-refractivity contribution is 0.00437. The molecule has 2 heteroatoms. The van der Waals surface area contributed by atoms with E-state index < -0.39 is 0 Å². The van der Waals surface area contributed by atoms with E-state index in [0.29, 0.717) is 5.41 Å². The number of hydrogen-bond acceptors (Lipinski definition) is 2. The van der Waals surface area contributed by atoms with E-state index in [1.165, 1.54) is 32.4 Å². The van der Waals surface area contributed by atoms with Crippen molar-refractivity contribution in [1.82, 2.24) is 5.32 Å². The Kier molecular flexibility index (Phi) is 2.37. The third kappa shape index (κ3) is 1.50. The van der Waals surface area contributed by atoms with Crippen LogP contribution in [0, 0.1) is 11.3 Å². The average Bonchev–Trinajstić information content (AvgIpc) is 2.55. The zero-order chi connectivity index (χ0) is 8.44. The van der Waals surface area contributed by atoms with Gasteiger partial charge >= 0.3 is 0 Å². The highest BCUT2D eigenvalue weighted by molar-refractivity contribution is 4.90. The number of nitrogens with one attached hydrogen (secondary N) is 1. The van der Waals surface area contributed by atoms with Gasteiger partial charge in [-0.25, -0.2) is 0 Å². The van der Waals surface area contributed by atoms with Gasteiger partial charge in [0, 0.05) is 19.8 Å². The first-order valence-electron chi connectivity index (χ1n) is 5.10. The fourth-order valence-electron chi connectivity index (χ4n) is 2.48. The second-order valence-corrected chi connectivity index (χ2v) is 4.49. The molecule has 0 radical (unpaired) electrons. The van der Waals surface area contributed by atoms with E-state index in [1.54, 1.807) is 0 Å². The molecule has 2 fully saturated rings. The van der Waals surface area contributed by atoms with Gasteiger partial charge in [-0.1, -0.05) is 6.92 Å². The van der Waals surface area contributed by atoms with Gasteiger partial charge in [0.05, 0.1) is 0 Å². The fourth-order valence-corrected chi connectivity index (χ4v) is 2.48. The molecule has 12 heavy (non-hydrogen) atoms. The Morgan fingerprint density at radius 3 is 3.00 bits per heavy atom. The predicted molar refractivity (Wildman–Crippen MR) is 49.1 cm³/mol. The van der Waals surface area contributed by atoms with Gasteiger partial charge in [-0.15, -0.1) is 0 Å². The van der Waals surface area contributed by atoms with Crippen LogP contribution in [0.1, 0.15) is 26.2 Å². The molecule has 2 aliphatic heterocycles. The Morgan fingerprint density at radius 2 is 2.42 bits per heavy atom. The normalized spacial score (nSPS) is 43.2. The van der Waals surface area contributed by atoms with Gasteiger partial charge in [0.1, 0.15) is 0 Å². The molecule has 2 nitrogen and oxygen atoms in total. The molecule has 0 spiro atoms. The summed E-state index contributed by atoms with van der Waals surface area (Å²) < 4.78 is 5.53. The molecule has 2 atom stereocenters. The van der Waals surface area contributed by atoms with E-state index in [2.05, 4.69) is 12.2 Å². The minimum absolute atomic E-state index is 0.528. The monoisotopic (exact) mass is 169 g/mol. The van der Waals surface area contributed by atoms with Crippen molar-refractivity contribution < 1.29 is 4.74 Å². The van der Waals surface area contributed by atoms with Crippen molar-refractivity contribution in [3.63, 3.8) is 0 Å². The molecule has 70 valence electrons. The highest BCUT2D eigenvalue weighted by Crippen LogP contribution is 2.38. The van der Waals surface area contributed by atoms with E-state index in [-0.39, 0.29) is 0 Å². The second-order valence-electron chi connectivity index (χ2n) is 4.49. The van der Waals surface area contributed by atoms with Crippen molar-refractivity contribution in [3.8, 4) is 0 Å². The summed E-state index contributed by atoms with van der Waals surface area (Å²) >= 11 is 0. The summed E-state index contributed by atoms with van der Waals surface area (Å²) in [6.07, 6.45) is 3.97. The maximum atomic E-state index is 5.53. The van der Waals surface area contributed by atoms with Crippen molar-refractivity contribution in [1.29, 1.82) is 0 Å². The Hall–Kier alpha value is -0.0800. The van der Waals surface area contributed by atoms with E-state index in [1.807, 2.05) is 0 Å². The van der Waals surface area contributed by atoms with E-state index in [0.717, 1.165) is 19.1 Å². The van der Waals surface area contributed by atoms with Gasteiger partial charge < -0.3 is 10.1 Å². The van der Waals surface area contributed by atoms with Gasteiger partial charge in [-0.05, 0) is 37.1 Å². The lowest BCUT2D eigenvalue weighted by atomic mass is 9.74. The molecule has 0 aromatic heterocycles. The third-order valence-corrected chi connectivity index (χ3v) is 3.55. The van der Waals surface area contributed by atoms with Crippen LogP contribution < -0.4 is 5.32 Å². The van der Waals surface area contributed by atoms with Crippen LogP contribution in [0.4, 0.5) is 0 Å². The summed E-state index contributed by atoms with van der Waals surface area (Å²) in [7, 11) is 0. The molecule has 0 aromatic rings. The molecule has 2 heterocycles. The SMILES string of the molecule is CC1(C2CCCOC2)CCNC1. The molecular weight excluding hydrogens is 150 g/mol. The predicted octanol–water partition coefficient (Wildman–Crippen LogP) is 1.41. The van der Waals surface area contributed by atoms with Crippen molar-refractivity contribution in [2.45, 2.75) is 26.2 Å². The lowest BCUT2D eigenvalue weighted by Crippen LogP contribution is -2.35. The second kappa shape index (κ2) is 3.35. The van der Waals surface area contributed by atoms with Gasteiger partial charge in [0.15, 0.2) is 0 Å². The largest absolute Gasteiger partial charge is 0.381 e. The molecule has 0 saturated carbocycles. The standard InChI is InChI=1S/C10H19NO/c1-10(4-5-11-8-10)9-3-2-6-12-7-9/h9,11H,2-8H2,1H3. The Labute approximate surface area is 74.7 Å². The van der Waals surface area contributed by atoms with Gasteiger partial charge in [0.25, 0.3) is 0 Å². The number of hydrogen-bond donors (Lipinski definition) is 1. The minimum atomic E-state index is 0.528. The van der Waals surface area contributed by atoms with Crippen molar-refractivity contribution >= 4 is 0 Å². The molecule has 0 amide bonds. The highest BCUT2D eigenvalue weighted by atomic mass is 16.5. The van der Waals surface area contributed by atoms with Crippen LogP contribution in [0.2, 0.25) is 0 Å². The molecule has 1 N–H and O–H groups in total. The summed E-state index contributed by atoms with van der Waals surface area (Å²) in [4.78, 5) is 0. The van der Waals surface area contributed by atoms with E-state index in [9.17, 15) is 0 Å². The van der Waals surface area contributed by atoms with Crippen LogP contribution in [-0.4, -0.2) is 26.3 Å². The summed E-state index contributed by atoms with van der Waals surface area (Å²) in [5.41, 5.74) is 0.528. The van der Waals surface area contributed by atoms with Gasteiger partial charge in [0.2, 0.25) is 0 Å². The average molecular weight is 169 g/mol. The summed E-state index contributed by atoms with van der Waals surface area (Å²) in [5, 5.41) is 3.45. The fraction of sp³-hybridized carbons (Fsp3) is 1.00. The first-order chi connectivity index (χ1) is 5.81. The molecule has 0 aliphatic carbocycles. The summed E-state index contributed by atoms with van der Waals surface area (Å²) in [5.74, 6) is 0.807. The quantitative estimate of drug-likeness (QED) is 0.641. The maximum Gasteiger partial charge on any atom is 0.0499 e. The van der Waals surface area contributed by atoms with Crippen LogP contribution in [0.5, 0.6) is 0 Å². The molecule has 0 bridgehead atoms. The van der Waals surface area contributed by atoms with Crippen LogP contribution in [0.3, 0.4) is 0 Å². The van der Waals surface area contributed by atoms with Crippen molar-refractivity contribution in [2.75, 3.05) is 26.3 Å². The molecular formula is C10H19NO. The van der Waals surface area contributed by atoms with Crippen LogP contribution in [0.25, 0.3) is 0 Å². The molecule has 0 aromatic carbocycles. The molecule has 2 saturated heterocycles.